The molecule has 3 rings (SSSR count). The average molecular weight is 340 g/mol. The lowest BCUT2D eigenvalue weighted by Crippen LogP contribution is -2.51. The van der Waals surface area contributed by atoms with Crippen LogP contribution < -0.4 is 4.74 Å². The van der Waals surface area contributed by atoms with Crippen molar-refractivity contribution in [3.63, 3.8) is 0 Å². The highest BCUT2D eigenvalue weighted by molar-refractivity contribution is 6.30. The van der Waals surface area contributed by atoms with Crippen LogP contribution in [0.1, 0.15) is 19.8 Å². The summed E-state index contributed by atoms with van der Waals surface area (Å²) in [6.07, 6.45) is 4.11. The molecule has 0 bridgehead atoms. The fourth-order valence-corrected chi connectivity index (χ4v) is 3.45. The predicted molar refractivity (Wildman–Crippen MR) is 91.2 cm³/mol. The van der Waals surface area contributed by atoms with Crippen molar-refractivity contribution in [2.45, 2.75) is 31.9 Å². The van der Waals surface area contributed by atoms with Gasteiger partial charge in [-0.2, -0.15) is 0 Å². The van der Waals surface area contributed by atoms with Crippen LogP contribution in [0.2, 0.25) is 5.02 Å². The number of morpholine rings is 1. The van der Waals surface area contributed by atoms with Crippen molar-refractivity contribution in [3.05, 3.63) is 23.4 Å². The molecule has 0 saturated carbocycles. The minimum Gasteiger partial charge on any atom is -0.473 e. The third-order valence-corrected chi connectivity index (χ3v) is 4.87. The van der Waals surface area contributed by atoms with Gasteiger partial charge in [-0.1, -0.05) is 11.6 Å². The third kappa shape index (κ3) is 5.05. The van der Waals surface area contributed by atoms with Gasteiger partial charge < -0.3 is 9.47 Å². The van der Waals surface area contributed by atoms with Crippen LogP contribution in [0.4, 0.5) is 0 Å². The monoisotopic (exact) mass is 339 g/mol. The van der Waals surface area contributed by atoms with Crippen LogP contribution in [0.15, 0.2) is 18.3 Å². The number of piperidine rings is 1. The Morgan fingerprint density at radius 3 is 2.91 bits per heavy atom. The SMILES string of the molecule is C[C@@H](CN1CCOCC1)N1CCC[C@H](Oc2ccc(Cl)cn2)C1. The summed E-state index contributed by atoms with van der Waals surface area (Å²) in [6, 6.07) is 4.21. The van der Waals surface area contributed by atoms with Gasteiger partial charge in [0.05, 0.1) is 18.2 Å². The van der Waals surface area contributed by atoms with E-state index in [2.05, 4.69) is 21.7 Å². The Morgan fingerprint density at radius 2 is 2.17 bits per heavy atom. The van der Waals surface area contributed by atoms with Crippen LogP contribution in [0, 0.1) is 0 Å². The lowest BCUT2D eigenvalue weighted by molar-refractivity contribution is 0.0112. The van der Waals surface area contributed by atoms with E-state index in [1.807, 2.05) is 12.1 Å². The number of hydrogen-bond donors (Lipinski definition) is 0. The summed E-state index contributed by atoms with van der Waals surface area (Å²) in [5.41, 5.74) is 0. The minimum atomic E-state index is 0.213. The molecule has 0 aromatic carbocycles. The smallest absolute Gasteiger partial charge is 0.213 e. The first kappa shape index (κ1) is 17.0. The largest absolute Gasteiger partial charge is 0.473 e. The van der Waals surface area contributed by atoms with Crippen LogP contribution in [-0.2, 0) is 4.74 Å². The summed E-state index contributed by atoms with van der Waals surface area (Å²) in [5, 5.41) is 0.641. The molecule has 6 heteroatoms. The van der Waals surface area contributed by atoms with Gasteiger partial charge in [0.15, 0.2) is 0 Å². The van der Waals surface area contributed by atoms with E-state index in [1.54, 1.807) is 6.20 Å². The number of nitrogens with zero attached hydrogens (tertiary/aromatic N) is 3. The van der Waals surface area contributed by atoms with E-state index in [0.717, 1.165) is 52.4 Å². The zero-order valence-corrected chi connectivity index (χ0v) is 14.5. The van der Waals surface area contributed by atoms with E-state index in [1.165, 1.54) is 6.42 Å². The van der Waals surface area contributed by atoms with Crippen LogP contribution in [0.3, 0.4) is 0 Å². The average Bonchev–Trinajstić information content (AvgIpc) is 2.58. The first-order valence-corrected chi connectivity index (χ1v) is 8.91. The highest BCUT2D eigenvalue weighted by Crippen LogP contribution is 2.20. The van der Waals surface area contributed by atoms with E-state index in [-0.39, 0.29) is 6.10 Å². The van der Waals surface area contributed by atoms with Crippen molar-refractivity contribution in [1.82, 2.24) is 14.8 Å². The molecule has 0 aliphatic carbocycles. The Bertz CT molecular complexity index is 479. The lowest BCUT2D eigenvalue weighted by Gasteiger charge is -2.39. The fourth-order valence-electron chi connectivity index (χ4n) is 3.34. The number of ether oxygens (including phenoxy) is 2. The lowest BCUT2D eigenvalue weighted by atomic mass is 10.1. The third-order valence-electron chi connectivity index (χ3n) is 4.65. The molecule has 128 valence electrons. The number of likely N-dealkylation sites (tertiary alicyclic amines) is 1. The number of halogens is 1. The van der Waals surface area contributed by atoms with Gasteiger partial charge in [0.25, 0.3) is 0 Å². The van der Waals surface area contributed by atoms with Crippen LogP contribution in [-0.4, -0.2) is 72.9 Å². The van der Waals surface area contributed by atoms with Crippen molar-refractivity contribution >= 4 is 11.6 Å². The summed E-state index contributed by atoms with van der Waals surface area (Å²) < 4.78 is 11.5. The molecule has 0 N–H and O–H groups in total. The van der Waals surface area contributed by atoms with Gasteiger partial charge in [-0.05, 0) is 32.4 Å². The van der Waals surface area contributed by atoms with Crippen LogP contribution in [0.25, 0.3) is 0 Å². The van der Waals surface area contributed by atoms with E-state index in [9.17, 15) is 0 Å². The van der Waals surface area contributed by atoms with Crippen molar-refractivity contribution in [3.8, 4) is 5.88 Å². The van der Waals surface area contributed by atoms with Crippen LogP contribution >= 0.6 is 11.6 Å². The molecular weight excluding hydrogens is 314 g/mol. The quantitative estimate of drug-likeness (QED) is 0.823. The Kier molecular flexibility index (Phi) is 6.11. The van der Waals surface area contributed by atoms with Crippen molar-refractivity contribution in [2.24, 2.45) is 0 Å². The predicted octanol–water partition coefficient (Wildman–Crippen LogP) is 2.30. The molecule has 0 unspecified atom stereocenters. The highest BCUT2D eigenvalue weighted by Gasteiger charge is 2.26. The van der Waals surface area contributed by atoms with E-state index in [0.29, 0.717) is 16.9 Å². The van der Waals surface area contributed by atoms with Gasteiger partial charge in [0, 0.05) is 44.5 Å². The molecule has 2 fully saturated rings. The van der Waals surface area contributed by atoms with Gasteiger partial charge in [0.2, 0.25) is 5.88 Å². The summed E-state index contributed by atoms with van der Waals surface area (Å²) in [6.45, 7) is 9.36. The molecule has 3 heterocycles. The summed E-state index contributed by atoms with van der Waals surface area (Å²) >= 11 is 5.87. The number of hydrogen-bond acceptors (Lipinski definition) is 5. The summed E-state index contributed by atoms with van der Waals surface area (Å²) in [4.78, 5) is 9.28. The molecular formula is C17H26ClN3O2. The number of pyridine rings is 1. The van der Waals surface area contributed by atoms with Gasteiger partial charge in [-0.15, -0.1) is 0 Å². The maximum Gasteiger partial charge on any atom is 0.213 e. The number of aromatic nitrogens is 1. The highest BCUT2D eigenvalue weighted by atomic mass is 35.5. The number of rotatable bonds is 5. The summed E-state index contributed by atoms with van der Waals surface area (Å²) in [7, 11) is 0. The van der Waals surface area contributed by atoms with Crippen molar-refractivity contribution in [2.75, 3.05) is 45.9 Å². The molecule has 2 aliphatic rings. The molecule has 23 heavy (non-hydrogen) atoms. The Morgan fingerprint density at radius 1 is 1.35 bits per heavy atom. The molecule has 5 nitrogen and oxygen atoms in total. The first-order chi connectivity index (χ1) is 11.2. The second-order valence-electron chi connectivity index (χ2n) is 6.45. The molecule has 2 aliphatic heterocycles. The van der Waals surface area contributed by atoms with Crippen molar-refractivity contribution < 1.29 is 9.47 Å². The maximum absolute atomic E-state index is 6.04. The van der Waals surface area contributed by atoms with Gasteiger partial charge >= 0.3 is 0 Å². The molecule has 0 amide bonds. The van der Waals surface area contributed by atoms with Crippen LogP contribution in [0.5, 0.6) is 5.88 Å². The molecule has 1 aromatic rings. The Balaban J connectivity index is 1.49. The van der Waals surface area contributed by atoms with E-state index >= 15 is 0 Å². The van der Waals surface area contributed by atoms with Crippen molar-refractivity contribution in [1.29, 1.82) is 0 Å². The Labute approximate surface area is 143 Å². The first-order valence-electron chi connectivity index (χ1n) is 8.53. The minimum absolute atomic E-state index is 0.213. The van der Waals surface area contributed by atoms with Gasteiger partial charge in [-0.3, -0.25) is 9.80 Å². The van der Waals surface area contributed by atoms with E-state index in [4.69, 9.17) is 21.1 Å². The molecule has 2 atom stereocenters. The standard InChI is InChI=1S/C17H26ClN3O2/c1-14(12-20-7-9-22-10-8-20)21-6-2-3-16(13-21)23-17-5-4-15(18)11-19-17/h4-5,11,14,16H,2-3,6-10,12-13H2,1H3/t14-,16-/m0/s1. The topological polar surface area (TPSA) is 37.8 Å². The normalized spacial score (nSPS) is 25.2. The zero-order chi connectivity index (χ0) is 16.1. The van der Waals surface area contributed by atoms with Gasteiger partial charge in [0.1, 0.15) is 6.10 Å². The second kappa shape index (κ2) is 8.29. The Hall–Kier alpha value is -0.880. The summed E-state index contributed by atoms with van der Waals surface area (Å²) in [5.74, 6) is 0.669. The maximum atomic E-state index is 6.04. The molecule has 1 aromatic heterocycles. The zero-order valence-electron chi connectivity index (χ0n) is 13.8. The van der Waals surface area contributed by atoms with Gasteiger partial charge in [-0.25, -0.2) is 4.98 Å². The van der Waals surface area contributed by atoms with E-state index < -0.39 is 0 Å². The fraction of sp³-hybridized carbons (Fsp3) is 0.706. The molecule has 0 spiro atoms. The molecule has 0 radical (unpaired) electrons. The molecule has 2 saturated heterocycles. The second-order valence-corrected chi connectivity index (χ2v) is 6.89.